The smallest absolute Gasteiger partial charge is 0.291 e. The summed E-state index contributed by atoms with van der Waals surface area (Å²) in [5, 5.41) is 3.91. The first kappa shape index (κ1) is 21.5. The number of furan rings is 1. The number of amides is 1. The van der Waals surface area contributed by atoms with Gasteiger partial charge in [0.1, 0.15) is 16.5 Å². The molecule has 0 aliphatic carbocycles. The van der Waals surface area contributed by atoms with Crippen LogP contribution in [0.4, 0.5) is 5.00 Å². The lowest BCUT2D eigenvalue weighted by Gasteiger charge is -2.36. The van der Waals surface area contributed by atoms with Crippen LogP contribution in [0, 0.1) is 6.92 Å². The fraction of sp³-hybridized carbons (Fsp3) is 0.375. The normalized spacial score (nSPS) is 15.5. The predicted molar refractivity (Wildman–Crippen MR) is 123 cm³/mol. The Hall–Kier alpha value is -2.77. The quantitative estimate of drug-likeness (QED) is 0.526. The Morgan fingerprint density at radius 1 is 1.10 bits per heavy atom. The lowest BCUT2D eigenvalue weighted by molar-refractivity contribution is 0.0996. The van der Waals surface area contributed by atoms with Crippen LogP contribution in [0.5, 0.6) is 11.5 Å². The Balaban J connectivity index is 1.79. The Kier molecular flexibility index (Phi) is 6.63. The first-order chi connectivity index (χ1) is 15.1. The molecule has 6 nitrogen and oxygen atoms in total. The van der Waals surface area contributed by atoms with Crippen molar-refractivity contribution in [3.8, 4) is 11.5 Å². The van der Waals surface area contributed by atoms with Gasteiger partial charge in [-0.15, -0.1) is 11.3 Å². The molecule has 1 N–H and O–H groups in total. The minimum absolute atomic E-state index is 0.0535. The number of anilines is 1. The minimum Gasteiger partial charge on any atom is -0.497 e. The zero-order valence-corrected chi connectivity index (χ0v) is 19.0. The number of benzene rings is 1. The second kappa shape index (κ2) is 9.58. The van der Waals surface area contributed by atoms with Crippen LogP contribution in [0.1, 0.15) is 51.9 Å². The molecule has 3 aromatic rings. The zero-order chi connectivity index (χ0) is 21.8. The van der Waals surface area contributed by atoms with Crippen molar-refractivity contribution in [2.24, 2.45) is 0 Å². The molecular weight excluding hydrogens is 412 g/mol. The van der Waals surface area contributed by atoms with Crippen LogP contribution in [-0.2, 0) is 0 Å². The highest BCUT2D eigenvalue weighted by molar-refractivity contribution is 7.16. The summed E-state index contributed by atoms with van der Waals surface area (Å²) in [6, 6.07) is 11.4. The van der Waals surface area contributed by atoms with Crippen molar-refractivity contribution >= 4 is 22.2 Å². The number of likely N-dealkylation sites (tertiary alicyclic amines) is 1. The average Bonchev–Trinajstić information content (AvgIpc) is 3.45. The van der Waals surface area contributed by atoms with Gasteiger partial charge in [-0.1, -0.05) is 6.42 Å². The van der Waals surface area contributed by atoms with Gasteiger partial charge >= 0.3 is 0 Å². The third kappa shape index (κ3) is 4.62. The maximum absolute atomic E-state index is 12.7. The Bertz CT molecular complexity index is 1020. The van der Waals surface area contributed by atoms with Gasteiger partial charge in [0.15, 0.2) is 5.76 Å². The molecule has 0 spiro atoms. The van der Waals surface area contributed by atoms with Gasteiger partial charge < -0.3 is 19.2 Å². The molecule has 4 rings (SSSR count). The van der Waals surface area contributed by atoms with E-state index >= 15 is 0 Å². The molecule has 0 bridgehead atoms. The van der Waals surface area contributed by atoms with Crippen LogP contribution in [0.3, 0.4) is 0 Å². The number of piperidine rings is 1. The van der Waals surface area contributed by atoms with E-state index in [1.165, 1.54) is 12.7 Å². The van der Waals surface area contributed by atoms with Crippen LogP contribution in [0.2, 0.25) is 0 Å². The molecule has 1 amide bonds. The number of nitrogens with one attached hydrogen (secondary N) is 1. The highest BCUT2D eigenvalue weighted by Gasteiger charge is 2.31. The Labute approximate surface area is 186 Å². The summed E-state index contributed by atoms with van der Waals surface area (Å²) >= 11 is 1.58. The fourth-order valence-electron chi connectivity index (χ4n) is 4.20. The monoisotopic (exact) mass is 440 g/mol. The molecule has 2 aromatic heterocycles. The van der Waals surface area contributed by atoms with Gasteiger partial charge in [0.25, 0.3) is 5.91 Å². The van der Waals surface area contributed by atoms with Gasteiger partial charge in [-0.25, -0.2) is 0 Å². The van der Waals surface area contributed by atoms with E-state index in [1.807, 2.05) is 18.2 Å². The molecule has 1 saturated heterocycles. The van der Waals surface area contributed by atoms with E-state index in [0.29, 0.717) is 5.76 Å². The molecule has 164 valence electrons. The van der Waals surface area contributed by atoms with Crippen LogP contribution in [0.25, 0.3) is 0 Å². The predicted octanol–water partition coefficient (Wildman–Crippen LogP) is 5.49. The number of nitrogens with zero attached hydrogens (tertiary/aromatic N) is 1. The Morgan fingerprint density at radius 3 is 2.58 bits per heavy atom. The summed E-state index contributed by atoms with van der Waals surface area (Å²) < 4.78 is 16.6. The van der Waals surface area contributed by atoms with E-state index < -0.39 is 0 Å². The van der Waals surface area contributed by atoms with Gasteiger partial charge in [0.2, 0.25) is 0 Å². The van der Waals surface area contributed by atoms with E-state index in [4.69, 9.17) is 13.9 Å². The zero-order valence-electron chi connectivity index (χ0n) is 18.1. The number of hydrogen-bond donors (Lipinski definition) is 1. The number of aryl methyl sites for hydroxylation is 1. The van der Waals surface area contributed by atoms with E-state index in [2.05, 4.69) is 23.2 Å². The van der Waals surface area contributed by atoms with Crippen molar-refractivity contribution < 1.29 is 18.7 Å². The standard InChI is InChI=1S/C24H28N2O4S/c1-16-14-19(24(31-16)25-23(27)21-8-7-13-30-21)22(26-11-5-4-6-12-26)18-15-17(28-2)9-10-20(18)29-3/h7-10,13-15,22H,4-6,11-12H2,1-3H3,(H,25,27)/t22-/m1/s1. The summed E-state index contributed by atoms with van der Waals surface area (Å²) in [6.07, 6.45) is 5.05. The van der Waals surface area contributed by atoms with Gasteiger partial charge in [0, 0.05) is 16.0 Å². The van der Waals surface area contributed by atoms with Gasteiger partial charge in [-0.05, 0) is 69.3 Å². The number of methoxy groups -OCH3 is 2. The van der Waals surface area contributed by atoms with E-state index in [9.17, 15) is 4.79 Å². The molecule has 1 atom stereocenters. The molecule has 7 heteroatoms. The first-order valence-corrected chi connectivity index (χ1v) is 11.3. The van der Waals surface area contributed by atoms with Crippen molar-refractivity contribution in [1.82, 2.24) is 4.90 Å². The van der Waals surface area contributed by atoms with E-state index in [1.54, 1.807) is 37.7 Å². The van der Waals surface area contributed by atoms with Crippen LogP contribution >= 0.6 is 11.3 Å². The van der Waals surface area contributed by atoms with Crippen molar-refractivity contribution in [2.45, 2.75) is 32.2 Å². The van der Waals surface area contributed by atoms with Crippen molar-refractivity contribution in [3.63, 3.8) is 0 Å². The second-order valence-electron chi connectivity index (χ2n) is 7.68. The van der Waals surface area contributed by atoms with Crippen molar-refractivity contribution in [2.75, 3.05) is 32.6 Å². The molecule has 0 saturated carbocycles. The van der Waals surface area contributed by atoms with Crippen LogP contribution < -0.4 is 14.8 Å². The molecule has 31 heavy (non-hydrogen) atoms. The lowest BCUT2D eigenvalue weighted by atomic mass is 9.95. The molecule has 1 aliphatic heterocycles. The highest BCUT2D eigenvalue weighted by Crippen LogP contribution is 2.43. The summed E-state index contributed by atoms with van der Waals surface area (Å²) in [6.45, 7) is 4.05. The molecule has 3 heterocycles. The third-order valence-electron chi connectivity index (χ3n) is 5.64. The second-order valence-corrected chi connectivity index (χ2v) is 8.94. The number of ether oxygens (including phenoxy) is 2. The van der Waals surface area contributed by atoms with Gasteiger partial charge in [-0.2, -0.15) is 0 Å². The number of rotatable bonds is 7. The molecule has 1 fully saturated rings. The average molecular weight is 441 g/mol. The summed E-state index contributed by atoms with van der Waals surface area (Å²) in [5.41, 5.74) is 2.10. The summed E-state index contributed by atoms with van der Waals surface area (Å²) in [4.78, 5) is 16.3. The minimum atomic E-state index is -0.247. The number of thiophene rings is 1. The maximum Gasteiger partial charge on any atom is 0.291 e. The molecule has 0 unspecified atom stereocenters. The first-order valence-electron chi connectivity index (χ1n) is 10.5. The Morgan fingerprint density at radius 2 is 1.90 bits per heavy atom. The van der Waals surface area contributed by atoms with Gasteiger partial charge in [-0.3, -0.25) is 9.69 Å². The van der Waals surface area contributed by atoms with Gasteiger partial charge in [0.05, 0.1) is 26.5 Å². The number of carbonyl (C=O) groups is 1. The van der Waals surface area contributed by atoms with Crippen molar-refractivity contribution in [1.29, 1.82) is 0 Å². The highest BCUT2D eigenvalue weighted by atomic mass is 32.1. The molecule has 0 radical (unpaired) electrons. The number of hydrogen-bond acceptors (Lipinski definition) is 6. The SMILES string of the molecule is COc1ccc(OC)c([C@H](c2cc(C)sc2NC(=O)c2ccco2)N2CCCCC2)c1. The molecular formula is C24H28N2O4S. The maximum atomic E-state index is 12.7. The molecule has 1 aromatic carbocycles. The summed E-state index contributed by atoms with van der Waals surface area (Å²) in [7, 11) is 3.36. The van der Waals surface area contributed by atoms with E-state index in [-0.39, 0.29) is 11.9 Å². The van der Waals surface area contributed by atoms with Crippen molar-refractivity contribution in [3.05, 3.63) is 64.4 Å². The molecule has 1 aliphatic rings. The lowest BCUT2D eigenvalue weighted by Crippen LogP contribution is -2.34. The topological polar surface area (TPSA) is 63.9 Å². The fourth-order valence-corrected chi connectivity index (χ4v) is 5.14. The third-order valence-corrected chi connectivity index (χ3v) is 6.62. The largest absolute Gasteiger partial charge is 0.497 e. The summed E-state index contributed by atoms with van der Waals surface area (Å²) in [5.74, 6) is 1.64. The van der Waals surface area contributed by atoms with Crippen LogP contribution in [-0.4, -0.2) is 38.1 Å². The number of carbonyl (C=O) groups excluding carboxylic acids is 1. The van der Waals surface area contributed by atoms with E-state index in [0.717, 1.165) is 58.4 Å². The van der Waals surface area contributed by atoms with Crippen LogP contribution in [0.15, 0.2) is 47.1 Å².